The highest BCUT2D eigenvalue weighted by Gasteiger charge is 2.20. The maximum atomic E-state index is 11.8. The Morgan fingerprint density at radius 1 is 1.22 bits per heavy atom. The number of rotatable bonds is 8. The monoisotopic (exact) mass is 324 g/mol. The van der Waals surface area contributed by atoms with Gasteiger partial charge in [-0.2, -0.15) is 0 Å². The van der Waals surface area contributed by atoms with Crippen LogP contribution in [0.1, 0.15) is 32.3 Å². The Bertz CT molecular complexity index is 533. The number of benzene rings is 1. The molecule has 23 heavy (non-hydrogen) atoms. The SMILES string of the molecule is CCCC(NC(=O)NCCc1ccc(O)c(O)c1)C(=O)OCC. The first kappa shape index (κ1) is 18.6. The van der Waals surface area contributed by atoms with Crippen molar-refractivity contribution in [3.8, 4) is 11.5 Å². The molecule has 0 heterocycles. The number of ether oxygens (including phenoxy) is 1. The Morgan fingerprint density at radius 2 is 1.96 bits per heavy atom. The lowest BCUT2D eigenvalue weighted by Crippen LogP contribution is -2.47. The van der Waals surface area contributed by atoms with Crippen LogP contribution >= 0.6 is 0 Å². The maximum absolute atomic E-state index is 11.8. The van der Waals surface area contributed by atoms with Gasteiger partial charge < -0.3 is 25.6 Å². The molecule has 0 aromatic heterocycles. The van der Waals surface area contributed by atoms with Crippen LogP contribution in [0.4, 0.5) is 4.79 Å². The van der Waals surface area contributed by atoms with Gasteiger partial charge in [-0.25, -0.2) is 9.59 Å². The van der Waals surface area contributed by atoms with Gasteiger partial charge in [-0.1, -0.05) is 19.4 Å². The zero-order chi connectivity index (χ0) is 17.2. The van der Waals surface area contributed by atoms with Crippen molar-refractivity contribution in [2.24, 2.45) is 0 Å². The fourth-order valence-corrected chi connectivity index (χ4v) is 2.03. The maximum Gasteiger partial charge on any atom is 0.328 e. The minimum absolute atomic E-state index is 0.184. The number of esters is 1. The molecule has 0 saturated heterocycles. The van der Waals surface area contributed by atoms with Crippen molar-refractivity contribution < 1.29 is 24.5 Å². The Morgan fingerprint density at radius 3 is 2.57 bits per heavy atom. The van der Waals surface area contributed by atoms with E-state index in [-0.39, 0.29) is 18.1 Å². The highest BCUT2D eigenvalue weighted by molar-refractivity contribution is 5.83. The van der Waals surface area contributed by atoms with Crippen LogP contribution in [-0.2, 0) is 16.0 Å². The van der Waals surface area contributed by atoms with E-state index in [1.807, 2.05) is 6.92 Å². The number of aromatic hydroxyl groups is 2. The van der Waals surface area contributed by atoms with Gasteiger partial charge in [0.05, 0.1) is 6.61 Å². The summed E-state index contributed by atoms with van der Waals surface area (Å²) in [5.74, 6) is -0.818. The smallest absolute Gasteiger partial charge is 0.328 e. The van der Waals surface area contributed by atoms with Crippen LogP contribution in [0.15, 0.2) is 18.2 Å². The van der Waals surface area contributed by atoms with Gasteiger partial charge in [0.25, 0.3) is 0 Å². The number of urea groups is 1. The van der Waals surface area contributed by atoms with Crippen LogP contribution in [0.3, 0.4) is 0 Å². The molecule has 2 amide bonds. The van der Waals surface area contributed by atoms with Crippen molar-refractivity contribution in [1.29, 1.82) is 0 Å². The minimum atomic E-state index is -0.655. The van der Waals surface area contributed by atoms with E-state index in [0.29, 0.717) is 19.4 Å². The predicted octanol–water partition coefficient (Wildman–Crippen LogP) is 1.67. The molecule has 0 bridgehead atoms. The van der Waals surface area contributed by atoms with Gasteiger partial charge >= 0.3 is 12.0 Å². The summed E-state index contributed by atoms with van der Waals surface area (Å²) in [5.41, 5.74) is 0.774. The van der Waals surface area contributed by atoms with E-state index in [9.17, 15) is 19.8 Å². The third-order valence-electron chi connectivity index (χ3n) is 3.19. The molecule has 7 nitrogen and oxygen atoms in total. The lowest BCUT2D eigenvalue weighted by Gasteiger charge is -2.17. The van der Waals surface area contributed by atoms with Gasteiger partial charge in [0, 0.05) is 6.54 Å². The Hall–Kier alpha value is -2.44. The largest absolute Gasteiger partial charge is 0.504 e. The van der Waals surface area contributed by atoms with E-state index in [1.54, 1.807) is 13.0 Å². The molecule has 7 heteroatoms. The summed E-state index contributed by atoms with van der Waals surface area (Å²) in [4.78, 5) is 23.5. The van der Waals surface area contributed by atoms with E-state index in [2.05, 4.69) is 10.6 Å². The van der Waals surface area contributed by atoms with Crippen LogP contribution in [0.25, 0.3) is 0 Å². The van der Waals surface area contributed by atoms with E-state index >= 15 is 0 Å². The lowest BCUT2D eigenvalue weighted by atomic mass is 10.1. The van der Waals surface area contributed by atoms with E-state index in [1.165, 1.54) is 12.1 Å². The first-order chi connectivity index (χ1) is 11.0. The summed E-state index contributed by atoms with van der Waals surface area (Å²) < 4.78 is 4.92. The molecular formula is C16H24N2O5. The molecule has 0 radical (unpaired) electrons. The quantitative estimate of drug-likeness (QED) is 0.430. The molecule has 4 N–H and O–H groups in total. The first-order valence-electron chi connectivity index (χ1n) is 7.69. The Labute approximate surface area is 135 Å². The fraction of sp³-hybridized carbons (Fsp3) is 0.500. The summed E-state index contributed by atoms with van der Waals surface area (Å²) in [6.45, 7) is 4.24. The average Bonchev–Trinajstić information content (AvgIpc) is 2.50. The number of nitrogens with one attached hydrogen (secondary N) is 2. The van der Waals surface area contributed by atoms with Crippen molar-refractivity contribution in [2.75, 3.05) is 13.2 Å². The van der Waals surface area contributed by atoms with Crippen molar-refractivity contribution in [1.82, 2.24) is 10.6 Å². The molecule has 0 aliphatic rings. The molecule has 1 rings (SSSR count). The molecule has 1 aromatic carbocycles. The highest BCUT2D eigenvalue weighted by Crippen LogP contribution is 2.24. The molecule has 128 valence electrons. The van der Waals surface area contributed by atoms with Gasteiger partial charge in [0.15, 0.2) is 11.5 Å². The second-order valence-corrected chi connectivity index (χ2v) is 5.07. The summed E-state index contributed by atoms with van der Waals surface area (Å²) in [5, 5.41) is 23.9. The molecular weight excluding hydrogens is 300 g/mol. The van der Waals surface area contributed by atoms with E-state index in [4.69, 9.17) is 4.74 Å². The summed E-state index contributed by atoms with van der Waals surface area (Å²) in [6, 6.07) is 3.39. The topological polar surface area (TPSA) is 108 Å². The zero-order valence-electron chi connectivity index (χ0n) is 13.5. The predicted molar refractivity (Wildman–Crippen MR) is 85.3 cm³/mol. The summed E-state index contributed by atoms with van der Waals surface area (Å²) >= 11 is 0. The number of hydrogen-bond acceptors (Lipinski definition) is 5. The lowest BCUT2D eigenvalue weighted by molar-refractivity contribution is -0.145. The van der Waals surface area contributed by atoms with Crippen LogP contribution in [0.5, 0.6) is 11.5 Å². The average molecular weight is 324 g/mol. The molecule has 0 aliphatic heterocycles. The zero-order valence-corrected chi connectivity index (χ0v) is 13.5. The third-order valence-corrected chi connectivity index (χ3v) is 3.19. The normalized spacial score (nSPS) is 11.6. The molecule has 1 aromatic rings. The molecule has 0 aliphatic carbocycles. The fourth-order valence-electron chi connectivity index (χ4n) is 2.03. The van der Waals surface area contributed by atoms with Gasteiger partial charge in [-0.3, -0.25) is 0 Å². The summed E-state index contributed by atoms with van der Waals surface area (Å²) in [6.07, 6.45) is 1.74. The summed E-state index contributed by atoms with van der Waals surface area (Å²) in [7, 11) is 0. The van der Waals surface area contributed by atoms with E-state index < -0.39 is 18.0 Å². The minimum Gasteiger partial charge on any atom is -0.504 e. The van der Waals surface area contributed by atoms with Gasteiger partial charge in [0.1, 0.15) is 6.04 Å². The van der Waals surface area contributed by atoms with Crippen LogP contribution in [0, 0.1) is 0 Å². The van der Waals surface area contributed by atoms with Crippen molar-refractivity contribution in [3.63, 3.8) is 0 Å². The van der Waals surface area contributed by atoms with Crippen molar-refractivity contribution >= 4 is 12.0 Å². The number of carbonyl (C=O) groups is 2. The van der Waals surface area contributed by atoms with Gasteiger partial charge in [-0.05, 0) is 37.5 Å². The molecule has 0 fully saturated rings. The van der Waals surface area contributed by atoms with Crippen LogP contribution < -0.4 is 10.6 Å². The molecule has 0 saturated carbocycles. The number of carbonyl (C=O) groups excluding carboxylic acids is 2. The second-order valence-electron chi connectivity index (χ2n) is 5.07. The van der Waals surface area contributed by atoms with Crippen molar-refractivity contribution in [3.05, 3.63) is 23.8 Å². The molecule has 1 unspecified atom stereocenters. The Balaban J connectivity index is 2.42. The van der Waals surface area contributed by atoms with E-state index in [0.717, 1.165) is 12.0 Å². The number of phenols is 2. The van der Waals surface area contributed by atoms with Crippen LogP contribution in [-0.4, -0.2) is 41.4 Å². The van der Waals surface area contributed by atoms with Gasteiger partial charge in [0.2, 0.25) is 0 Å². The standard InChI is InChI=1S/C16H24N2O5/c1-3-5-12(15(21)23-4-2)18-16(22)17-9-8-11-6-7-13(19)14(20)10-11/h6-7,10,12,19-20H,3-5,8-9H2,1-2H3,(H2,17,18,22). The second kappa shape index (κ2) is 9.55. The molecule has 0 spiro atoms. The third kappa shape index (κ3) is 6.46. The number of phenolic OH excluding ortho intramolecular Hbond substituents is 2. The highest BCUT2D eigenvalue weighted by atomic mass is 16.5. The van der Waals surface area contributed by atoms with Gasteiger partial charge in [-0.15, -0.1) is 0 Å². The first-order valence-corrected chi connectivity index (χ1v) is 7.69. The number of hydrogen-bond donors (Lipinski definition) is 4. The van der Waals surface area contributed by atoms with Crippen molar-refractivity contribution in [2.45, 2.75) is 39.2 Å². The Kier molecular flexibility index (Phi) is 7.73. The van der Waals surface area contributed by atoms with Crippen LogP contribution in [0.2, 0.25) is 0 Å². The molecule has 1 atom stereocenters. The number of amides is 2.